The number of ether oxygens (including phenoxy) is 2. The number of amides is 2. The van der Waals surface area contributed by atoms with Crippen molar-refractivity contribution < 1.29 is 19.1 Å². The molecule has 1 N–H and O–H groups in total. The lowest BCUT2D eigenvalue weighted by atomic mass is 9.93. The van der Waals surface area contributed by atoms with Gasteiger partial charge in [-0.25, -0.2) is 0 Å². The second-order valence-corrected chi connectivity index (χ2v) is 6.73. The summed E-state index contributed by atoms with van der Waals surface area (Å²) in [6, 6.07) is 10.5. The zero-order chi connectivity index (χ0) is 20.3. The molecule has 7 heteroatoms. The molecule has 28 heavy (non-hydrogen) atoms. The number of nitrogens with zero attached hydrogens (tertiary/aromatic N) is 1. The fraction of sp³-hybridized carbons (Fsp3) is 0.238. The standard InChI is InChI=1S/C21H21ClN2O4/c1-13(25)24-9-8-14-6-4-5-7-15(14)18(24)12-21(26)23-17-11-20(28-3)19(27-2)10-16(17)22/h4-11,18H,12H2,1-3H3,(H,23,26). The number of hydrogen-bond acceptors (Lipinski definition) is 4. The van der Waals surface area contributed by atoms with Crippen LogP contribution in [-0.4, -0.2) is 30.9 Å². The van der Waals surface area contributed by atoms with Crippen LogP contribution in [0.15, 0.2) is 42.6 Å². The minimum atomic E-state index is -0.391. The topological polar surface area (TPSA) is 67.9 Å². The highest BCUT2D eigenvalue weighted by Crippen LogP contribution is 2.37. The Morgan fingerprint density at radius 1 is 1.14 bits per heavy atom. The third-order valence-electron chi connectivity index (χ3n) is 4.60. The van der Waals surface area contributed by atoms with Crippen molar-refractivity contribution >= 4 is 35.2 Å². The molecule has 0 spiro atoms. The molecule has 2 aromatic carbocycles. The molecule has 0 fully saturated rings. The van der Waals surface area contributed by atoms with Crippen LogP contribution < -0.4 is 14.8 Å². The van der Waals surface area contributed by atoms with E-state index in [9.17, 15) is 9.59 Å². The molecule has 0 radical (unpaired) electrons. The first kappa shape index (κ1) is 19.8. The highest BCUT2D eigenvalue weighted by atomic mass is 35.5. The summed E-state index contributed by atoms with van der Waals surface area (Å²) in [4.78, 5) is 26.4. The molecule has 1 unspecified atom stereocenters. The SMILES string of the molecule is COc1cc(Cl)c(NC(=O)CC2c3ccccc3C=CN2C(C)=O)cc1OC. The van der Waals surface area contributed by atoms with Crippen LogP contribution in [0.3, 0.4) is 0 Å². The van der Waals surface area contributed by atoms with E-state index in [-0.39, 0.29) is 18.2 Å². The van der Waals surface area contributed by atoms with Crippen LogP contribution >= 0.6 is 11.6 Å². The fourth-order valence-corrected chi connectivity index (χ4v) is 3.44. The zero-order valence-corrected chi connectivity index (χ0v) is 16.6. The van der Waals surface area contributed by atoms with Crippen molar-refractivity contribution in [1.82, 2.24) is 4.90 Å². The molecule has 1 aliphatic rings. The number of benzene rings is 2. The van der Waals surface area contributed by atoms with Gasteiger partial charge in [-0.1, -0.05) is 35.9 Å². The molecule has 1 aliphatic heterocycles. The van der Waals surface area contributed by atoms with Gasteiger partial charge in [0.2, 0.25) is 11.8 Å². The van der Waals surface area contributed by atoms with Gasteiger partial charge in [0.1, 0.15) is 0 Å². The van der Waals surface area contributed by atoms with E-state index in [1.165, 1.54) is 21.1 Å². The van der Waals surface area contributed by atoms with E-state index in [0.29, 0.717) is 22.2 Å². The molecule has 6 nitrogen and oxygen atoms in total. The first-order chi connectivity index (χ1) is 13.4. The number of anilines is 1. The summed E-state index contributed by atoms with van der Waals surface area (Å²) in [6.07, 6.45) is 3.67. The predicted molar refractivity (Wildman–Crippen MR) is 109 cm³/mol. The minimum Gasteiger partial charge on any atom is -0.493 e. The van der Waals surface area contributed by atoms with Crippen LogP contribution in [0.4, 0.5) is 5.69 Å². The van der Waals surface area contributed by atoms with Gasteiger partial charge < -0.3 is 19.7 Å². The molecule has 146 valence electrons. The van der Waals surface area contributed by atoms with Gasteiger partial charge in [0, 0.05) is 25.3 Å². The quantitative estimate of drug-likeness (QED) is 0.814. The summed E-state index contributed by atoms with van der Waals surface area (Å²) in [5, 5.41) is 3.14. The highest BCUT2D eigenvalue weighted by Gasteiger charge is 2.28. The summed E-state index contributed by atoms with van der Waals surface area (Å²) < 4.78 is 10.5. The van der Waals surface area contributed by atoms with E-state index in [1.54, 1.807) is 23.2 Å². The molecule has 2 amide bonds. The molecular formula is C21H21ClN2O4. The number of rotatable bonds is 5. The molecule has 0 saturated carbocycles. The molecule has 1 heterocycles. The van der Waals surface area contributed by atoms with Gasteiger partial charge in [0.15, 0.2) is 11.5 Å². The van der Waals surface area contributed by atoms with Crippen molar-refractivity contribution in [2.75, 3.05) is 19.5 Å². The van der Waals surface area contributed by atoms with E-state index in [0.717, 1.165) is 11.1 Å². The Morgan fingerprint density at radius 3 is 2.50 bits per heavy atom. The van der Waals surface area contributed by atoms with Crippen molar-refractivity contribution in [3.05, 3.63) is 58.7 Å². The van der Waals surface area contributed by atoms with Crippen molar-refractivity contribution in [2.45, 2.75) is 19.4 Å². The summed E-state index contributed by atoms with van der Waals surface area (Å²) >= 11 is 6.26. The van der Waals surface area contributed by atoms with Crippen molar-refractivity contribution in [3.8, 4) is 11.5 Å². The Labute approximate surface area is 168 Å². The van der Waals surface area contributed by atoms with Gasteiger partial charge in [-0.15, -0.1) is 0 Å². The average Bonchev–Trinajstić information content (AvgIpc) is 2.69. The van der Waals surface area contributed by atoms with Crippen molar-refractivity contribution in [3.63, 3.8) is 0 Å². The van der Waals surface area contributed by atoms with Gasteiger partial charge in [-0.05, 0) is 17.2 Å². The lowest BCUT2D eigenvalue weighted by Gasteiger charge is -2.32. The van der Waals surface area contributed by atoms with Crippen LogP contribution in [-0.2, 0) is 9.59 Å². The Balaban J connectivity index is 1.84. The lowest BCUT2D eigenvalue weighted by Crippen LogP contribution is -2.33. The number of halogens is 1. The maximum absolute atomic E-state index is 12.8. The molecule has 1 atom stereocenters. The lowest BCUT2D eigenvalue weighted by molar-refractivity contribution is -0.129. The maximum atomic E-state index is 12.8. The Morgan fingerprint density at radius 2 is 1.82 bits per heavy atom. The number of carbonyl (C=O) groups excluding carboxylic acids is 2. The molecule has 0 bridgehead atoms. The molecule has 0 saturated heterocycles. The molecule has 3 rings (SSSR count). The van der Waals surface area contributed by atoms with E-state index < -0.39 is 6.04 Å². The Kier molecular flexibility index (Phi) is 5.90. The summed E-state index contributed by atoms with van der Waals surface area (Å²) in [7, 11) is 3.02. The first-order valence-electron chi connectivity index (χ1n) is 8.72. The van der Waals surface area contributed by atoms with E-state index in [4.69, 9.17) is 21.1 Å². The molecular weight excluding hydrogens is 380 g/mol. The van der Waals surface area contributed by atoms with Crippen LogP contribution in [0.5, 0.6) is 11.5 Å². The average molecular weight is 401 g/mol. The zero-order valence-electron chi connectivity index (χ0n) is 15.9. The van der Waals surface area contributed by atoms with Gasteiger partial charge in [-0.3, -0.25) is 9.59 Å². The molecule has 0 aliphatic carbocycles. The van der Waals surface area contributed by atoms with Crippen LogP contribution in [0.25, 0.3) is 6.08 Å². The summed E-state index contributed by atoms with van der Waals surface area (Å²) in [6.45, 7) is 1.48. The summed E-state index contributed by atoms with van der Waals surface area (Å²) in [5.41, 5.74) is 2.33. The number of fused-ring (bicyclic) bond motifs is 1. The minimum absolute atomic E-state index is 0.0889. The van der Waals surface area contributed by atoms with Crippen LogP contribution in [0.1, 0.15) is 30.5 Å². The third-order valence-corrected chi connectivity index (χ3v) is 4.91. The second kappa shape index (κ2) is 8.35. The van der Waals surface area contributed by atoms with Crippen LogP contribution in [0.2, 0.25) is 5.02 Å². The van der Waals surface area contributed by atoms with E-state index >= 15 is 0 Å². The Hall–Kier alpha value is -2.99. The number of carbonyl (C=O) groups is 2. The monoisotopic (exact) mass is 400 g/mol. The molecule has 0 aromatic heterocycles. The highest BCUT2D eigenvalue weighted by molar-refractivity contribution is 6.34. The third kappa shape index (κ3) is 3.97. The predicted octanol–water partition coefficient (Wildman–Crippen LogP) is 4.26. The normalized spacial score (nSPS) is 15.0. The van der Waals surface area contributed by atoms with Gasteiger partial charge in [0.05, 0.1) is 37.4 Å². The van der Waals surface area contributed by atoms with Gasteiger partial charge >= 0.3 is 0 Å². The maximum Gasteiger partial charge on any atom is 0.226 e. The Bertz CT molecular complexity index is 942. The number of nitrogens with one attached hydrogen (secondary N) is 1. The van der Waals surface area contributed by atoms with Crippen LogP contribution in [0, 0.1) is 0 Å². The second-order valence-electron chi connectivity index (χ2n) is 6.33. The van der Waals surface area contributed by atoms with Gasteiger partial charge in [-0.2, -0.15) is 0 Å². The van der Waals surface area contributed by atoms with Crippen molar-refractivity contribution in [2.24, 2.45) is 0 Å². The number of methoxy groups -OCH3 is 2. The van der Waals surface area contributed by atoms with Gasteiger partial charge in [0.25, 0.3) is 0 Å². The summed E-state index contributed by atoms with van der Waals surface area (Å²) in [5.74, 6) is 0.529. The first-order valence-corrected chi connectivity index (χ1v) is 9.09. The van der Waals surface area contributed by atoms with Crippen molar-refractivity contribution in [1.29, 1.82) is 0 Å². The van der Waals surface area contributed by atoms with E-state index in [1.807, 2.05) is 30.3 Å². The fourth-order valence-electron chi connectivity index (χ4n) is 3.24. The number of hydrogen-bond donors (Lipinski definition) is 1. The largest absolute Gasteiger partial charge is 0.493 e. The molecule has 2 aromatic rings. The smallest absolute Gasteiger partial charge is 0.226 e. The van der Waals surface area contributed by atoms with E-state index in [2.05, 4.69) is 5.32 Å².